The van der Waals surface area contributed by atoms with Gasteiger partial charge in [-0.1, -0.05) is 0 Å². The minimum Gasteiger partial charge on any atom is -0.355 e. The number of rotatable bonds is 4. The number of carbonyl (C=O) groups excluding carboxylic acids is 2. The third-order valence-electron chi connectivity index (χ3n) is 3.58. The van der Waals surface area contributed by atoms with Crippen LogP contribution in [0.5, 0.6) is 0 Å². The molecule has 2 aliphatic heterocycles. The molecule has 2 N–H and O–H groups in total. The number of hydrogen-bond acceptors (Lipinski definition) is 3. The molecular formula is C12H22N4O2. The van der Waals surface area contributed by atoms with Crippen LogP contribution < -0.4 is 10.6 Å². The van der Waals surface area contributed by atoms with Gasteiger partial charge in [-0.3, -0.25) is 4.79 Å². The monoisotopic (exact) mass is 254 g/mol. The molecule has 0 aliphatic carbocycles. The van der Waals surface area contributed by atoms with Crippen molar-refractivity contribution in [1.29, 1.82) is 0 Å². The highest BCUT2D eigenvalue weighted by Crippen LogP contribution is 2.18. The highest BCUT2D eigenvalue weighted by Gasteiger charge is 2.34. The van der Waals surface area contributed by atoms with Crippen LogP contribution in [0.25, 0.3) is 0 Å². The number of hydrogen-bond donors (Lipinski definition) is 2. The van der Waals surface area contributed by atoms with Crippen molar-refractivity contribution in [2.45, 2.75) is 25.8 Å². The van der Waals surface area contributed by atoms with Gasteiger partial charge < -0.3 is 20.4 Å². The van der Waals surface area contributed by atoms with Crippen molar-refractivity contribution in [3.05, 3.63) is 0 Å². The summed E-state index contributed by atoms with van der Waals surface area (Å²) in [5.74, 6) is -0.0713. The van der Waals surface area contributed by atoms with E-state index < -0.39 is 0 Å². The minimum absolute atomic E-state index is 0.0214. The molecule has 2 saturated heterocycles. The molecule has 6 nitrogen and oxygen atoms in total. The lowest BCUT2D eigenvalue weighted by atomic mass is 10.1. The van der Waals surface area contributed by atoms with Gasteiger partial charge in [0.15, 0.2) is 0 Å². The zero-order valence-corrected chi connectivity index (χ0v) is 10.9. The maximum Gasteiger partial charge on any atom is 0.320 e. The molecule has 0 aromatic rings. The predicted octanol–water partition coefficient (Wildman–Crippen LogP) is -0.388. The normalized spacial score (nSPS) is 21.5. The fourth-order valence-electron chi connectivity index (χ4n) is 2.63. The van der Waals surface area contributed by atoms with Crippen molar-refractivity contribution >= 4 is 11.9 Å². The highest BCUT2D eigenvalue weighted by atomic mass is 16.2. The van der Waals surface area contributed by atoms with E-state index in [1.165, 1.54) is 0 Å². The topological polar surface area (TPSA) is 64.7 Å². The number of urea groups is 1. The fraction of sp³-hybridized carbons (Fsp3) is 0.833. The van der Waals surface area contributed by atoms with Crippen LogP contribution in [-0.2, 0) is 4.79 Å². The number of nitrogens with one attached hydrogen (secondary N) is 2. The average molecular weight is 254 g/mol. The summed E-state index contributed by atoms with van der Waals surface area (Å²) >= 11 is 0. The standard InChI is InChI=1S/C12H22N4O2/c1-2-14-11(17)9-15-7-8-16(12(15)18)10-3-5-13-6-4-10/h10,13H,2-9H2,1H3,(H,14,17). The molecule has 6 heteroatoms. The summed E-state index contributed by atoms with van der Waals surface area (Å²) in [4.78, 5) is 27.3. The van der Waals surface area contributed by atoms with Gasteiger partial charge in [-0.25, -0.2) is 4.79 Å². The Morgan fingerprint density at radius 2 is 2.11 bits per heavy atom. The lowest BCUT2D eigenvalue weighted by molar-refractivity contribution is -0.121. The van der Waals surface area contributed by atoms with Crippen LogP contribution in [0.4, 0.5) is 4.79 Å². The number of carbonyl (C=O) groups is 2. The van der Waals surface area contributed by atoms with Gasteiger partial charge in [-0.15, -0.1) is 0 Å². The van der Waals surface area contributed by atoms with E-state index in [0.29, 0.717) is 19.1 Å². The minimum atomic E-state index is -0.0713. The van der Waals surface area contributed by atoms with Gasteiger partial charge in [-0.05, 0) is 32.9 Å². The van der Waals surface area contributed by atoms with Gasteiger partial charge in [0.1, 0.15) is 6.54 Å². The lowest BCUT2D eigenvalue weighted by Crippen LogP contribution is -2.46. The number of nitrogens with zero attached hydrogens (tertiary/aromatic N) is 2. The fourth-order valence-corrected chi connectivity index (χ4v) is 2.63. The second kappa shape index (κ2) is 6.04. The van der Waals surface area contributed by atoms with Gasteiger partial charge in [0.05, 0.1) is 0 Å². The maximum atomic E-state index is 12.2. The van der Waals surface area contributed by atoms with Crippen LogP contribution in [-0.4, -0.2) is 67.0 Å². The molecule has 0 radical (unpaired) electrons. The summed E-state index contributed by atoms with van der Waals surface area (Å²) in [6.45, 7) is 6.05. The molecule has 0 spiro atoms. The molecule has 2 fully saturated rings. The van der Waals surface area contributed by atoms with E-state index in [-0.39, 0.29) is 18.5 Å². The Bertz CT molecular complexity index is 315. The van der Waals surface area contributed by atoms with Crippen molar-refractivity contribution in [2.24, 2.45) is 0 Å². The lowest BCUT2D eigenvalue weighted by Gasteiger charge is -2.31. The highest BCUT2D eigenvalue weighted by molar-refractivity contribution is 5.85. The molecule has 18 heavy (non-hydrogen) atoms. The van der Waals surface area contributed by atoms with Crippen LogP contribution in [0.2, 0.25) is 0 Å². The zero-order valence-electron chi connectivity index (χ0n) is 10.9. The zero-order chi connectivity index (χ0) is 13.0. The van der Waals surface area contributed by atoms with Crippen LogP contribution in [0.1, 0.15) is 19.8 Å². The van der Waals surface area contributed by atoms with Crippen molar-refractivity contribution in [1.82, 2.24) is 20.4 Å². The van der Waals surface area contributed by atoms with Crippen molar-refractivity contribution < 1.29 is 9.59 Å². The largest absolute Gasteiger partial charge is 0.355 e. The van der Waals surface area contributed by atoms with E-state index in [0.717, 1.165) is 32.5 Å². The van der Waals surface area contributed by atoms with E-state index in [9.17, 15) is 9.59 Å². The molecule has 0 unspecified atom stereocenters. The van der Waals surface area contributed by atoms with Gasteiger partial charge in [0, 0.05) is 25.7 Å². The van der Waals surface area contributed by atoms with Crippen molar-refractivity contribution in [3.63, 3.8) is 0 Å². The van der Waals surface area contributed by atoms with E-state index in [1.807, 2.05) is 11.8 Å². The summed E-state index contributed by atoms with van der Waals surface area (Å²) in [6.07, 6.45) is 2.03. The summed E-state index contributed by atoms with van der Waals surface area (Å²) in [7, 11) is 0. The molecule has 3 amide bonds. The third kappa shape index (κ3) is 2.93. The van der Waals surface area contributed by atoms with Crippen LogP contribution in [0.15, 0.2) is 0 Å². The summed E-state index contributed by atoms with van der Waals surface area (Å²) in [5.41, 5.74) is 0. The van der Waals surface area contributed by atoms with Crippen LogP contribution in [0, 0.1) is 0 Å². The summed E-state index contributed by atoms with van der Waals surface area (Å²) in [5, 5.41) is 6.02. The quantitative estimate of drug-likeness (QED) is 0.718. The van der Waals surface area contributed by atoms with Gasteiger partial charge >= 0.3 is 6.03 Å². The Hall–Kier alpha value is -1.30. The molecule has 2 aliphatic rings. The van der Waals surface area contributed by atoms with Crippen LogP contribution in [0.3, 0.4) is 0 Å². The Morgan fingerprint density at radius 3 is 2.78 bits per heavy atom. The third-order valence-corrected chi connectivity index (χ3v) is 3.58. The second-order valence-corrected chi connectivity index (χ2v) is 4.83. The number of amides is 3. The molecular weight excluding hydrogens is 232 g/mol. The molecule has 102 valence electrons. The Balaban J connectivity index is 1.86. The van der Waals surface area contributed by atoms with Gasteiger partial charge in [0.2, 0.25) is 5.91 Å². The SMILES string of the molecule is CCNC(=O)CN1CCN(C2CCNCC2)C1=O. The Labute approximate surface area is 108 Å². The molecule has 0 bridgehead atoms. The maximum absolute atomic E-state index is 12.2. The van der Waals surface area contributed by atoms with E-state index in [2.05, 4.69) is 10.6 Å². The van der Waals surface area contributed by atoms with E-state index >= 15 is 0 Å². The first-order valence-electron chi connectivity index (χ1n) is 6.75. The van der Waals surface area contributed by atoms with E-state index in [4.69, 9.17) is 0 Å². The molecule has 0 atom stereocenters. The molecule has 0 saturated carbocycles. The summed E-state index contributed by atoms with van der Waals surface area (Å²) in [6, 6.07) is 0.367. The van der Waals surface area contributed by atoms with E-state index in [1.54, 1.807) is 4.90 Å². The van der Waals surface area contributed by atoms with Crippen molar-refractivity contribution in [2.75, 3.05) is 39.3 Å². The first kappa shape index (κ1) is 13.1. The molecule has 2 heterocycles. The number of piperidine rings is 1. The van der Waals surface area contributed by atoms with Crippen LogP contribution >= 0.6 is 0 Å². The Morgan fingerprint density at radius 1 is 1.39 bits per heavy atom. The molecule has 0 aromatic heterocycles. The second-order valence-electron chi connectivity index (χ2n) is 4.83. The average Bonchev–Trinajstić information content (AvgIpc) is 2.72. The smallest absolute Gasteiger partial charge is 0.320 e. The Kier molecular flexibility index (Phi) is 4.41. The van der Waals surface area contributed by atoms with Crippen molar-refractivity contribution in [3.8, 4) is 0 Å². The molecule has 2 rings (SSSR count). The molecule has 0 aromatic carbocycles. The number of likely N-dealkylation sites (N-methyl/N-ethyl adjacent to an activating group) is 1. The van der Waals surface area contributed by atoms with Gasteiger partial charge in [-0.2, -0.15) is 0 Å². The predicted molar refractivity (Wildman–Crippen MR) is 68.3 cm³/mol. The van der Waals surface area contributed by atoms with Gasteiger partial charge in [0.25, 0.3) is 0 Å². The summed E-state index contributed by atoms with van der Waals surface area (Å²) < 4.78 is 0. The first-order chi connectivity index (χ1) is 8.72. The first-order valence-corrected chi connectivity index (χ1v) is 6.75.